The van der Waals surface area contributed by atoms with Gasteiger partial charge in [0.05, 0.1) is 35.5 Å². The third kappa shape index (κ3) is 4.73. The van der Waals surface area contributed by atoms with Crippen LogP contribution in [0.3, 0.4) is 0 Å². The zero-order valence-electron chi connectivity index (χ0n) is 20.3. The predicted molar refractivity (Wildman–Crippen MR) is 139 cm³/mol. The summed E-state index contributed by atoms with van der Waals surface area (Å²) in [5, 5.41) is 20.2. The molecule has 0 radical (unpaired) electrons. The van der Waals surface area contributed by atoms with E-state index in [1.807, 2.05) is 41.9 Å². The lowest BCUT2D eigenvalue weighted by atomic mass is 9.97. The van der Waals surface area contributed by atoms with Crippen molar-refractivity contribution in [3.63, 3.8) is 0 Å². The van der Waals surface area contributed by atoms with Gasteiger partial charge in [-0.3, -0.25) is 4.79 Å². The highest BCUT2D eigenvalue weighted by atomic mass is 32.1. The molecule has 0 spiro atoms. The van der Waals surface area contributed by atoms with Crippen LogP contribution >= 0.6 is 11.3 Å². The Hall–Kier alpha value is -3.46. The van der Waals surface area contributed by atoms with Gasteiger partial charge in [-0.05, 0) is 68.8 Å². The van der Waals surface area contributed by atoms with Crippen molar-refractivity contribution in [2.45, 2.75) is 33.1 Å². The highest BCUT2D eigenvalue weighted by molar-refractivity contribution is 7.09. The summed E-state index contributed by atoms with van der Waals surface area (Å²) in [7, 11) is 1.66. The molecule has 1 unspecified atom stereocenters. The molecule has 1 atom stereocenters. The van der Waals surface area contributed by atoms with Crippen LogP contribution in [0.25, 0.3) is 16.6 Å². The molecule has 0 saturated carbocycles. The van der Waals surface area contributed by atoms with Crippen molar-refractivity contribution in [2.24, 2.45) is 5.92 Å². The first-order valence-electron chi connectivity index (χ1n) is 12.0. The van der Waals surface area contributed by atoms with Gasteiger partial charge in [0.15, 0.2) is 5.82 Å². The van der Waals surface area contributed by atoms with Crippen molar-refractivity contribution >= 4 is 34.0 Å². The minimum absolute atomic E-state index is 0.0741. The molecule has 9 heteroatoms. The molecule has 1 aliphatic heterocycles. The summed E-state index contributed by atoms with van der Waals surface area (Å²) < 4.78 is 7.23. The van der Waals surface area contributed by atoms with Gasteiger partial charge in [0.1, 0.15) is 11.3 Å². The van der Waals surface area contributed by atoms with Crippen LogP contribution in [0.1, 0.15) is 29.1 Å². The van der Waals surface area contributed by atoms with Gasteiger partial charge in [0, 0.05) is 24.5 Å². The molecule has 1 fully saturated rings. The molecule has 8 nitrogen and oxygen atoms in total. The fourth-order valence-corrected chi connectivity index (χ4v) is 5.50. The summed E-state index contributed by atoms with van der Waals surface area (Å²) in [4.78, 5) is 16.4. The van der Waals surface area contributed by atoms with Gasteiger partial charge in [-0.1, -0.05) is 6.07 Å². The Kier molecular flexibility index (Phi) is 6.68. The summed E-state index contributed by atoms with van der Waals surface area (Å²) in [6.07, 6.45) is 2.67. The van der Waals surface area contributed by atoms with Crippen molar-refractivity contribution in [3.05, 3.63) is 58.0 Å². The van der Waals surface area contributed by atoms with Gasteiger partial charge >= 0.3 is 0 Å². The largest absolute Gasteiger partial charge is 0.497 e. The monoisotopic (exact) mass is 490 g/mol. The lowest BCUT2D eigenvalue weighted by Crippen LogP contribution is -2.44. The van der Waals surface area contributed by atoms with Gasteiger partial charge in [-0.15, -0.1) is 16.4 Å². The SMILES string of the molecule is COc1ccc(-n2nc3c(N4CCCC(C(=O)NCCc5cccs5)C4)nnc(C)c3c2C)cc1. The number of hydrogen-bond donors (Lipinski definition) is 1. The minimum Gasteiger partial charge on any atom is -0.497 e. The third-order valence-electron chi connectivity index (χ3n) is 6.64. The van der Waals surface area contributed by atoms with Crippen molar-refractivity contribution in [1.29, 1.82) is 0 Å². The first-order valence-corrected chi connectivity index (χ1v) is 12.8. The van der Waals surface area contributed by atoms with E-state index >= 15 is 0 Å². The average Bonchev–Trinajstić information content (AvgIpc) is 3.53. The van der Waals surface area contributed by atoms with Crippen molar-refractivity contribution in [3.8, 4) is 11.4 Å². The van der Waals surface area contributed by atoms with E-state index in [0.29, 0.717) is 13.1 Å². The van der Waals surface area contributed by atoms with Gasteiger partial charge in [-0.2, -0.15) is 10.2 Å². The maximum absolute atomic E-state index is 12.9. The number of rotatable bonds is 7. The molecule has 35 heavy (non-hydrogen) atoms. The van der Waals surface area contributed by atoms with Crippen LogP contribution in [0.2, 0.25) is 0 Å². The van der Waals surface area contributed by atoms with Gasteiger partial charge in [-0.25, -0.2) is 4.68 Å². The number of anilines is 1. The number of methoxy groups -OCH3 is 1. The fourth-order valence-electron chi connectivity index (χ4n) is 4.79. The number of aryl methyl sites for hydroxylation is 2. The predicted octanol–water partition coefficient (Wildman–Crippen LogP) is 4.08. The number of carbonyl (C=O) groups is 1. The van der Waals surface area contributed by atoms with E-state index in [1.165, 1.54) is 4.88 Å². The minimum atomic E-state index is -0.0741. The smallest absolute Gasteiger partial charge is 0.224 e. The Balaban J connectivity index is 1.37. The summed E-state index contributed by atoms with van der Waals surface area (Å²) in [6, 6.07) is 12.0. The van der Waals surface area contributed by atoms with Gasteiger partial charge in [0.25, 0.3) is 0 Å². The average molecular weight is 491 g/mol. The second-order valence-electron chi connectivity index (χ2n) is 8.93. The van der Waals surface area contributed by atoms with Crippen molar-refractivity contribution in [2.75, 3.05) is 31.6 Å². The Morgan fingerprint density at radius 2 is 2.03 bits per heavy atom. The molecule has 5 rings (SSSR count). The number of aromatic nitrogens is 4. The van der Waals surface area contributed by atoms with Crippen LogP contribution in [0.15, 0.2) is 41.8 Å². The van der Waals surface area contributed by atoms with Gasteiger partial charge in [0.2, 0.25) is 5.91 Å². The number of piperidine rings is 1. The van der Waals surface area contributed by atoms with E-state index in [0.717, 1.165) is 65.4 Å². The standard InChI is InChI=1S/C26H30N6O2S/c1-17-23-18(2)32(20-8-10-21(34-3)11-9-20)30-24(23)25(29-28-17)31-14-4-6-19(16-31)26(33)27-13-12-22-7-5-15-35-22/h5,7-11,15,19H,4,6,12-14,16H2,1-3H3,(H,27,33). The molecule has 1 aliphatic rings. The first-order chi connectivity index (χ1) is 17.0. The summed E-state index contributed by atoms with van der Waals surface area (Å²) in [6.45, 7) is 6.13. The van der Waals surface area contributed by atoms with Crippen LogP contribution < -0.4 is 15.0 Å². The van der Waals surface area contributed by atoms with Crippen LogP contribution in [-0.2, 0) is 11.2 Å². The van der Waals surface area contributed by atoms with E-state index in [1.54, 1.807) is 18.4 Å². The molecule has 1 amide bonds. The zero-order chi connectivity index (χ0) is 24.4. The van der Waals surface area contributed by atoms with Crippen molar-refractivity contribution in [1.82, 2.24) is 25.3 Å². The van der Waals surface area contributed by atoms with E-state index in [4.69, 9.17) is 9.84 Å². The van der Waals surface area contributed by atoms with Crippen molar-refractivity contribution < 1.29 is 9.53 Å². The molecule has 0 bridgehead atoms. The van der Waals surface area contributed by atoms with Crippen LogP contribution in [0.4, 0.5) is 5.82 Å². The Morgan fingerprint density at radius 3 is 2.77 bits per heavy atom. The number of hydrogen-bond acceptors (Lipinski definition) is 7. The third-order valence-corrected chi connectivity index (χ3v) is 7.58. The molecule has 1 saturated heterocycles. The Labute approximate surface area is 208 Å². The molecule has 1 N–H and O–H groups in total. The number of ether oxygens (including phenoxy) is 1. The molecule has 4 aromatic rings. The Bertz CT molecular complexity index is 1320. The number of nitrogens with zero attached hydrogens (tertiary/aromatic N) is 5. The zero-order valence-corrected chi connectivity index (χ0v) is 21.1. The summed E-state index contributed by atoms with van der Waals surface area (Å²) in [5.74, 6) is 1.59. The highest BCUT2D eigenvalue weighted by Gasteiger charge is 2.29. The first kappa shape index (κ1) is 23.3. The maximum Gasteiger partial charge on any atom is 0.224 e. The number of carbonyl (C=O) groups excluding carboxylic acids is 1. The second kappa shape index (κ2) is 10.0. The fraction of sp³-hybridized carbons (Fsp3) is 0.385. The van der Waals surface area contributed by atoms with Crippen LogP contribution in [0, 0.1) is 19.8 Å². The van der Waals surface area contributed by atoms with Crippen LogP contribution in [0.5, 0.6) is 5.75 Å². The molecular weight excluding hydrogens is 460 g/mol. The van der Waals surface area contributed by atoms with E-state index < -0.39 is 0 Å². The maximum atomic E-state index is 12.9. The number of benzene rings is 1. The molecule has 182 valence electrons. The summed E-state index contributed by atoms with van der Waals surface area (Å²) in [5.41, 5.74) is 3.63. The van der Waals surface area contributed by atoms with Crippen LogP contribution in [-0.4, -0.2) is 52.6 Å². The van der Waals surface area contributed by atoms with E-state index in [-0.39, 0.29) is 11.8 Å². The molecule has 1 aromatic carbocycles. The lowest BCUT2D eigenvalue weighted by molar-refractivity contribution is -0.125. The molecule has 3 aromatic heterocycles. The number of fused-ring (bicyclic) bond motifs is 1. The van der Waals surface area contributed by atoms with E-state index in [2.05, 4.69) is 38.8 Å². The Morgan fingerprint density at radius 1 is 1.20 bits per heavy atom. The number of nitrogens with one attached hydrogen (secondary N) is 1. The van der Waals surface area contributed by atoms with E-state index in [9.17, 15) is 4.79 Å². The highest BCUT2D eigenvalue weighted by Crippen LogP contribution is 2.32. The quantitative estimate of drug-likeness (QED) is 0.420. The normalized spacial score (nSPS) is 16.0. The van der Waals surface area contributed by atoms with Gasteiger partial charge < -0.3 is 15.0 Å². The summed E-state index contributed by atoms with van der Waals surface area (Å²) >= 11 is 1.72. The second-order valence-corrected chi connectivity index (χ2v) is 9.97. The number of amides is 1. The topological polar surface area (TPSA) is 85.2 Å². The molecule has 0 aliphatic carbocycles. The lowest BCUT2D eigenvalue weighted by Gasteiger charge is -2.32. The molecule has 4 heterocycles. The number of thiophene rings is 1. The molecular formula is C26H30N6O2S.